The number of fused-ring (bicyclic) bond motifs is 1. The van der Waals surface area contributed by atoms with E-state index < -0.39 is 0 Å². The molecular formula is C50H35NO. The highest BCUT2D eigenvalue weighted by Gasteiger charge is 2.23. The second-order valence-corrected chi connectivity index (χ2v) is 12.9. The minimum absolute atomic E-state index is 0.851. The number of para-hydroxylation sites is 2. The first-order chi connectivity index (χ1) is 25.8. The second-order valence-electron chi connectivity index (χ2n) is 12.9. The lowest BCUT2D eigenvalue weighted by molar-refractivity contribution is 0.632. The Hall–Kier alpha value is -6.90. The predicted molar refractivity (Wildman–Crippen MR) is 218 cm³/mol. The van der Waals surface area contributed by atoms with E-state index in [1.54, 1.807) is 0 Å². The zero-order chi connectivity index (χ0) is 34.7. The molecule has 0 unspecified atom stereocenters. The van der Waals surface area contributed by atoms with Crippen LogP contribution in [-0.2, 0) is 0 Å². The first-order valence-corrected chi connectivity index (χ1v) is 17.7. The van der Waals surface area contributed by atoms with Gasteiger partial charge in [-0.2, -0.15) is 0 Å². The molecule has 1 aromatic heterocycles. The Bertz CT molecular complexity index is 2570. The zero-order valence-corrected chi connectivity index (χ0v) is 28.6. The van der Waals surface area contributed by atoms with Gasteiger partial charge in [0.1, 0.15) is 11.3 Å². The van der Waals surface area contributed by atoms with E-state index in [2.05, 4.69) is 211 Å². The topological polar surface area (TPSA) is 16.4 Å². The molecule has 1 heterocycles. The van der Waals surface area contributed by atoms with Crippen LogP contribution in [0.2, 0.25) is 0 Å². The molecule has 0 atom stereocenters. The summed E-state index contributed by atoms with van der Waals surface area (Å²) in [4.78, 5) is 2.34. The second kappa shape index (κ2) is 13.8. The van der Waals surface area contributed by atoms with E-state index >= 15 is 0 Å². The van der Waals surface area contributed by atoms with E-state index in [0.717, 1.165) is 50.5 Å². The summed E-state index contributed by atoms with van der Waals surface area (Å²) >= 11 is 0. The molecule has 0 spiro atoms. The lowest BCUT2D eigenvalue weighted by atomic mass is 9.97. The van der Waals surface area contributed by atoms with Gasteiger partial charge in [0.15, 0.2) is 0 Å². The molecule has 0 aliphatic carbocycles. The summed E-state index contributed by atoms with van der Waals surface area (Å²) in [6.07, 6.45) is 0. The minimum Gasteiger partial charge on any atom is -0.455 e. The highest BCUT2D eigenvalue weighted by molar-refractivity contribution is 6.04. The van der Waals surface area contributed by atoms with Crippen LogP contribution in [0, 0.1) is 0 Å². The Balaban J connectivity index is 1.17. The van der Waals surface area contributed by atoms with Crippen LogP contribution in [0.25, 0.3) is 66.8 Å². The van der Waals surface area contributed by atoms with Crippen molar-refractivity contribution in [1.82, 2.24) is 0 Å². The fourth-order valence-corrected chi connectivity index (χ4v) is 7.14. The Labute approximate surface area is 304 Å². The van der Waals surface area contributed by atoms with Crippen LogP contribution in [0.1, 0.15) is 0 Å². The van der Waals surface area contributed by atoms with Crippen molar-refractivity contribution in [2.24, 2.45) is 0 Å². The molecule has 0 amide bonds. The molecule has 0 saturated carbocycles. The highest BCUT2D eigenvalue weighted by Crippen LogP contribution is 2.47. The Morgan fingerprint density at radius 2 is 0.692 bits per heavy atom. The molecule has 246 valence electrons. The van der Waals surface area contributed by atoms with Gasteiger partial charge < -0.3 is 9.32 Å². The summed E-state index contributed by atoms with van der Waals surface area (Å²) in [6.45, 7) is 0. The maximum absolute atomic E-state index is 6.77. The smallest absolute Gasteiger partial charge is 0.145 e. The van der Waals surface area contributed by atoms with Gasteiger partial charge >= 0.3 is 0 Å². The van der Waals surface area contributed by atoms with Gasteiger partial charge in [0.05, 0.1) is 5.69 Å². The van der Waals surface area contributed by atoms with E-state index in [4.69, 9.17) is 4.42 Å². The van der Waals surface area contributed by atoms with Crippen LogP contribution in [-0.4, -0.2) is 0 Å². The van der Waals surface area contributed by atoms with Crippen molar-refractivity contribution in [3.8, 4) is 55.8 Å². The third-order valence-corrected chi connectivity index (χ3v) is 9.73. The number of anilines is 3. The summed E-state index contributed by atoms with van der Waals surface area (Å²) in [5.74, 6) is 0.851. The van der Waals surface area contributed by atoms with Crippen LogP contribution >= 0.6 is 0 Å². The maximum atomic E-state index is 6.77. The first-order valence-electron chi connectivity index (χ1n) is 17.7. The van der Waals surface area contributed by atoms with Crippen molar-refractivity contribution in [1.29, 1.82) is 0 Å². The maximum Gasteiger partial charge on any atom is 0.145 e. The summed E-state index contributed by atoms with van der Waals surface area (Å²) in [7, 11) is 0. The highest BCUT2D eigenvalue weighted by atomic mass is 16.3. The summed E-state index contributed by atoms with van der Waals surface area (Å²) in [5, 5.41) is 1.10. The Kier molecular flexibility index (Phi) is 8.24. The van der Waals surface area contributed by atoms with Crippen molar-refractivity contribution < 1.29 is 4.42 Å². The molecule has 0 aliphatic rings. The Morgan fingerprint density at radius 1 is 0.308 bits per heavy atom. The molecule has 9 rings (SSSR count). The van der Waals surface area contributed by atoms with Gasteiger partial charge in [-0.3, -0.25) is 0 Å². The van der Waals surface area contributed by atoms with Crippen molar-refractivity contribution >= 4 is 28.0 Å². The van der Waals surface area contributed by atoms with Gasteiger partial charge in [0.25, 0.3) is 0 Å². The summed E-state index contributed by atoms with van der Waals surface area (Å²) in [5.41, 5.74) is 14.4. The van der Waals surface area contributed by atoms with Gasteiger partial charge in [0, 0.05) is 27.9 Å². The number of nitrogens with zero attached hydrogens (tertiary/aromatic N) is 1. The molecule has 2 heteroatoms. The molecule has 0 N–H and O–H groups in total. The van der Waals surface area contributed by atoms with Crippen LogP contribution in [0.4, 0.5) is 17.1 Å². The molecule has 0 bridgehead atoms. The minimum atomic E-state index is 0.851. The van der Waals surface area contributed by atoms with Crippen molar-refractivity contribution in [3.05, 3.63) is 212 Å². The molecule has 0 radical (unpaired) electrons. The average Bonchev–Trinajstić information content (AvgIpc) is 3.62. The Morgan fingerprint density at radius 3 is 1.21 bits per heavy atom. The van der Waals surface area contributed by atoms with Crippen LogP contribution in [0.5, 0.6) is 0 Å². The largest absolute Gasteiger partial charge is 0.455 e. The third kappa shape index (κ3) is 5.97. The molecule has 0 aliphatic heterocycles. The van der Waals surface area contributed by atoms with Crippen LogP contribution < -0.4 is 4.90 Å². The molecule has 0 fully saturated rings. The molecular weight excluding hydrogens is 631 g/mol. The van der Waals surface area contributed by atoms with E-state index in [9.17, 15) is 0 Å². The quantitative estimate of drug-likeness (QED) is 0.161. The van der Waals surface area contributed by atoms with Crippen molar-refractivity contribution in [2.45, 2.75) is 0 Å². The molecule has 2 nitrogen and oxygen atoms in total. The van der Waals surface area contributed by atoms with Gasteiger partial charge in [0.2, 0.25) is 0 Å². The summed E-state index contributed by atoms with van der Waals surface area (Å²) < 4.78 is 6.77. The third-order valence-electron chi connectivity index (χ3n) is 9.73. The van der Waals surface area contributed by atoms with E-state index in [0.29, 0.717) is 0 Å². The fourth-order valence-electron chi connectivity index (χ4n) is 7.14. The average molecular weight is 666 g/mol. The van der Waals surface area contributed by atoms with Crippen LogP contribution in [0.3, 0.4) is 0 Å². The lowest BCUT2D eigenvalue weighted by Crippen LogP contribution is -2.11. The number of benzene rings is 8. The van der Waals surface area contributed by atoms with E-state index in [1.807, 2.05) is 6.07 Å². The normalized spacial score (nSPS) is 11.1. The molecule has 0 saturated heterocycles. The SMILES string of the molecule is c1ccc(-c2ccc(-c3ccc(N(c4ccc(-c5ccccc5)cc4)c4ccccc4-c4oc5ccccc5c4-c4ccccc4)cc3)cc2)cc1. The zero-order valence-electron chi connectivity index (χ0n) is 28.6. The predicted octanol–water partition coefficient (Wildman–Crippen LogP) is 14.2. The van der Waals surface area contributed by atoms with Gasteiger partial charge in [-0.05, 0) is 81.4 Å². The van der Waals surface area contributed by atoms with Crippen molar-refractivity contribution in [2.75, 3.05) is 4.90 Å². The fraction of sp³-hybridized carbons (Fsp3) is 0. The number of hydrogen-bond donors (Lipinski definition) is 0. The molecule has 52 heavy (non-hydrogen) atoms. The summed E-state index contributed by atoms with van der Waals surface area (Å²) in [6, 6.07) is 75.0. The number of furan rings is 1. The number of rotatable bonds is 8. The molecule has 9 aromatic rings. The molecule has 8 aromatic carbocycles. The van der Waals surface area contributed by atoms with Gasteiger partial charge in [-0.1, -0.05) is 170 Å². The van der Waals surface area contributed by atoms with E-state index in [1.165, 1.54) is 33.4 Å². The van der Waals surface area contributed by atoms with Crippen LogP contribution in [0.15, 0.2) is 217 Å². The number of hydrogen-bond acceptors (Lipinski definition) is 2. The van der Waals surface area contributed by atoms with E-state index in [-0.39, 0.29) is 0 Å². The first kappa shape index (κ1) is 31.1. The van der Waals surface area contributed by atoms with Gasteiger partial charge in [-0.25, -0.2) is 0 Å². The monoisotopic (exact) mass is 665 g/mol. The standard InChI is InChI=1S/C50H35NO/c1-4-14-36(15-5-1)38-24-26-39(27-25-38)41-30-34-44(35-31-41)51(43-32-28-40(29-33-43)37-16-6-2-7-17-37)47-22-12-10-20-45(47)50-49(42-18-8-3-9-19-42)46-21-11-13-23-48(46)52-50/h1-35H. The lowest BCUT2D eigenvalue weighted by Gasteiger charge is -2.28. The van der Waals surface area contributed by atoms with Gasteiger partial charge in [-0.15, -0.1) is 0 Å². The van der Waals surface area contributed by atoms with Crippen molar-refractivity contribution in [3.63, 3.8) is 0 Å².